The Morgan fingerprint density at radius 1 is 1.65 bits per heavy atom. The SMILES string of the molecule is CCCNc1ncc(Br)cc1C(=O)N1CCOCC1C. The van der Waals surface area contributed by atoms with Gasteiger partial charge < -0.3 is 15.0 Å². The lowest BCUT2D eigenvalue weighted by Crippen LogP contribution is -2.47. The maximum absolute atomic E-state index is 12.7. The Balaban J connectivity index is 2.24. The molecule has 0 bridgehead atoms. The molecule has 0 saturated carbocycles. The van der Waals surface area contributed by atoms with Crippen LogP contribution in [0.25, 0.3) is 0 Å². The normalized spacial score (nSPS) is 18.9. The van der Waals surface area contributed by atoms with Gasteiger partial charge in [0.25, 0.3) is 5.91 Å². The third-order valence-electron chi connectivity index (χ3n) is 3.26. The average Bonchev–Trinajstić information content (AvgIpc) is 2.46. The molecule has 1 unspecified atom stereocenters. The topological polar surface area (TPSA) is 54.5 Å². The van der Waals surface area contributed by atoms with E-state index in [0.29, 0.717) is 31.1 Å². The number of pyridine rings is 1. The number of nitrogens with one attached hydrogen (secondary N) is 1. The molecule has 2 heterocycles. The predicted octanol–water partition coefficient (Wildman–Crippen LogP) is 2.53. The van der Waals surface area contributed by atoms with Gasteiger partial charge in [0, 0.05) is 23.8 Å². The fourth-order valence-electron chi connectivity index (χ4n) is 2.17. The second kappa shape index (κ2) is 7.04. The van der Waals surface area contributed by atoms with E-state index in [9.17, 15) is 4.79 Å². The number of aromatic nitrogens is 1. The van der Waals surface area contributed by atoms with E-state index >= 15 is 0 Å². The number of hydrogen-bond acceptors (Lipinski definition) is 4. The van der Waals surface area contributed by atoms with E-state index in [1.807, 2.05) is 17.9 Å². The van der Waals surface area contributed by atoms with E-state index in [-0.39, 0.29) is 11.9 Å². The van der Waals surface area contributed by atoms with E-state index in [1.165, 1.54) is 0 Å². The van der Waals surface area contributed by atoms with Gasteiger partial charge in [0.1, 0.15) is 5.82 Å². The maximum Gasteiger partial charge on any atom is 0.258 e. The molecule has 1 aromatic heterocycles. The van der Waals surface area contributed by atoms with Crippen LogP contribution in [0.3, 0.4) is 0 Å². The lowest BCUT2D eigenvalue weighted by molar-refractivity contribution is 0.00362. The molecule has 1 aliphatic heterocycles. The Bertz CT molecular complexity index is 481. The summed E-state index contributed by atoms with van der Waals surface area (Å²) >= 11 is 3.39. The van der Waals surface area contributed by atoms with Gasteiger partial charge in [-0.1, -0.05) is 6.92 Å². The molecule has 20 heavy (non-hydrogen) atoms. The minimum Gasteiger partial charge on any atom is -0.377 e. The number of carbonyl (C=O) groups excluding carboxylic acids is 1. The molecule has 6 heteroatoms. The van der Waals surface area contributed by atoms with Crippen LogP contribution < -0.4 is 5.32 Å². The third-order valence-corrected chi connectivity index (χ3v) is 3.69. The lowest BCUT2D eigenvalue weighted by Gasteiger charge is -2.33. The van der Waals surface area contributed by atoms with Crippen molar-refractivity contribution in [3.8, 4) is 0 Å². The van der Waals surface area contributed by atoms with Crippen LogP contribution >= 0.6 is 15.9 Å². The molecule has 1 fully saturated rings. The molecule has 1 atom stereocenters. The number of anilines is 1. The number of rotatable bonds is 4. The van der Waals surface area contributed by atoms with Crippen LogP contribution in [0.4, 0.5) is 5.82 Å². The highest BCUT2D eigenvalue weighted by Gasteiger charge is 2.27. The summed E-state index contributed by atoms with van der Waals surface area (Å²) in [5.41, 5.74) is 0.613. The molecule has 0 spiro atoms. The second-order valence-electron chi connectivity index (χ2n) is 4.90. The Morgan fingerprint density at radius 2 is 2.45 bits per heavy atom. The third kappa shape index (κ3) is 3.49. The van der Waals surface area contributed by atoms with E-state index in [2.05, 4.69) is 33.2 Å². The van der Waals surface area contributed by atoms with Crippen molar-refractivity contribution in [3.05, 3.63) is 22.3 Å². The van der Waals surface area contributed by atoms with Crippen LogP contribution in [-0.2, 0) is 4.74 Å². The molecule has 1 N–H and O–H groups in total. The standard InChI is InChI=1S/C14H20BrN3O2/c1-3-4-16-13-12(7-11(15)8-17-13)14(19)18-5-6-20-9-10(18)2/h7-8,10H,3-6,9H2,1-2H3,(H,16,17). The van der Waals surface area contributed by atoms with Crippen molar-refractivity contribution in [1.82, 2.24) is 9.88 Å². The van der Waals surface area contributed by atoms with Crippen molar-refractivity contribution in [2.75, 3.05) is 31.6 Å². The Morgan fingerprint density at radius 3 is 3.15 bits per heavy atom. The van der Waals surface area contributed by atoms with Gasteiger partial charge >= 0.3 is 0 Å². The highest BCUT2D eigenvalue weighted by atomic mass is 79.9. The first-order chi connectivity index (χ1) is 9.63. The van der Waals surface area contributed by atoms with Gasteiger partial charge in [-0.3, -0.25) is 4.79 Å². The number of nitrogens with zero attached hydrogens (tertiary/aromatic N) is 2. The molecule has 0 radical (unpaired) electrons. The summed E-state index contributed by atoms with van der Waals surface area (Å²) in [4.78, 5) is 18.9. The molecule has 110 valence electrons. The van der Waals surface area contributed by atoms with Gasteiger partial charge in [0.2, 0.25) is 0 Å². The zero-order valence-corrected chi connectivity index (χ0v) is 13.4. The molecule has 1 saturated heterocycles. The van der Waals surface area contributed by atoms with Crippen LogP contribution in [-0.4, -0.2) is 48.1 Å². The summed E-state index contributed by atoms with van der Waals surface area (Å²) in [6.45, 7) is 6.69. The van der Waals surface area contributed by atoms with E-state index in [1.54, 1.807) is 6.20 Å². The molecular weight excluding hydrogens is 322 g/mol. The molecular formula is C14H20BrN3O2. The van der Waals surface area contributed by atoms with Gasteiger partial charge in [-0.2, -0.15) is 0 Å². The van der Waals surface area contributed by atoms with Crippen LogP contribution in [0.1, 0.15) is 30.6 Å². The molecule has 1 aromatic rings. The minimum absolute atomic E-state index is 0.00760. The van der Waals surface area contributed by atoms with Crippen LogP contribution in [0.2, 0.25) is 0 Å². The highest BCUT2D eigenvalue weighted by Crippen LogP contribution is 2.21. The number of carbonyl (C=O) groups is 1. The fourth-order valence-corrected chi connectivity index (χ4v) is 2.50. The molecule has 1 aliphatic rings. The summed E-state index contributed by atoms with van der Waals surface area (Å²) in [5.74, 6) is 0.659. The van der Waals surface area contributed by atoms with Gasteiger partial charge in [-0.05, 0) is 35.3 Å². The monoisotopic (exact) mass is 341 g/mol. The summed E-state index contributed by atoms with van der Waals surface area (Å²) in [6, 6.07) is 1.92. The predicted molar refractivity (Wildman–Crippen MR) is 82.0 cm³/mol. The van der Waals surface area contributed by atoms with Crippen LogP contribution in [0, 0.1) is 0 Å². The highest BCUT2D eigenvalue weighted by molar-refractivity contribution is 9.10. The Labute approximate surface area is 127 Å². The van der Waals surface area contributed by atoms with Crippen LogP contribution in [0.15, 0.2) is 16.7 Å². The van der Waals surface area contributed by atoms with E-state index in [0.717, 1.165) is 17.4 Å². The average molecular weight is 342 g/mol. The summed E-state index contributed by atoms with van der Waals surface area (Å²) in [7, 11) is 0. The van der Waals surface area contributed by atoms with Crippen molar-refractivity contribution < 1.29 is 9.53 Å². The van der Waals surface area contributed by atoms with Crippen molar-refractivity contribution in [3.63, 3.8) is 0 Å². The summed E-state index contributed by atoms with van der Waals surface area (Å²) in [5, 5.41) is 3.21. The maximum atomic E-state index is 12.7. The number of hydrogen-bond donors (Lipinski definition) is 1. The van der Waals surface area contributed by atoms with Crippen molar-refractivity contribution in [2.24, 2.45) is 0 Å². The lowest BCUT2D eigenvalue weighted by atomic mass is 10.1. The quantitative estimate of drug-likeness (QED) is 0.914. The zero-order valence-electron chi connectivity index (χ0n) is 11.9. The first-order valence-electron chi connectivity index (χ1n) is 6.91. The van der Waals surface area contributed by atoms with E-state index < -0.39 is 0 Å². The van der Waals surface area contributed by atoms with Gasteiger partial charge in [-0.15, -0.1) is 0 Å². The number of ether oxygens (including phenoxy) is 1. The minimum atomic E-state index is 0.00760. The van der Waals surface area contributed by atoms with E-state index in [4.69, 9.17) is 4.74 Å². The largest absolute Gasteiger partial charge is 0.377 e. The molecule has 5 nitrogen and oxygen atoms in total. The summed E-state index contributed by atoms with van der Waals surface area (Å²) in [6.07, 6.45) is 2.69. The number of halogens is 1. The zero-order chi connectivity index (χ0) is 14.5. The Hall–Kier alpha value is -1.14. The van der Waals surface area contributed by atoms with Crippen LogP contribution in [0.5, 0.6) is 0 Å². The number of morpholine rings is 1. The molecule has 0 aliphatic carbocycles. The molecule has 2 rings (SSSR count). The first-order valence-corrected chi connectivity index (χ1v) is 7.71. The smallest absolute Gasteiger partial charge is 0.258 e. The van der Waals surface area contributed by atoms with Gasteiger partial charge in [0.05, 0.1) is 24.8 Å². The van der Waals surface area contributed by atoms with Crippen molar-refractivity contribution in [1.29, 1.82) is 0 Å². The first kappa shape index (κ1) is 15.3. The van der Waals surface area contributed by atoms with Gasteiger partial charge in [0.15, 0.2) is 0 Å². The van der Waals surface area contributed by atoms with Crippen molar-refractivity contribution >= 4 is 27.7 Å². The Kier molecular flexibility index (Phi) is 5.37. The van der Waals surface area contributed by atoms with Gasteiger partial charge in [-0.25, -0.2) is 4.98 Å². The fraction of sp³-hybridized carbons (Fsp3) is 0.571. The molecule has 0 aromatic carbocycles. The number of amides is 1. The second-order valence-corrected chi connectivity index (χ2v) is 5.81. The van der Waals surface area contributed by atoms with Crippen molar-refractivity contribution in [2.45, 2.75) is 26.3 Å². The molecule has 1 amide bonds. The summed E-state index contributed by atoms with van der Waals surface area (Å²) < 4.78 is 6.19.